The highest BCUT2D eigenvalue weighted by Crippen LogP contribution is 2.19. The van der Waals surface area contributed by atoms with E-state index in [1.165, 1.54) is 6.42 Å². The number of aromatic nitrogens is 1. The number of nitrogens with zero attached hydrogens (tertiary/aromatic N) is 2. The number of primary amides is 1. The van der Waals surface area contributed by atoms with E-state index in [4.69, 9.17) is 5.73 Å². The lowest BCUT2D eigenvalue weighted by atomic mass is 10.1. The van der Waals surface area contributed by atoms with Gasteiger partial charge in [-0.05, 0) is 32.0 Å². The van der Waals surface area contributed by atoms with Crippen molar-refractivity contribution in [3.05, 3.63) is 24.0 Å². The number of amides is 1. The number of carbonyl (C=O) groups excluding carboxylic acids is 1. The Morgan fingerprint density at radius 2 is 2.47 bits per heavy atom. The number of piperidine rings is 1. The van der Waals surface area contributed by atoms with Crippen LogP contribution in [0.3, 0.4) is 0 Å². The molecule has 1 aliphatic heterocycles. The first-order valence-electron chi connectivity index (χ1n) is 5.89. The fraction of sp³-hybridized carbons (Fsp3) is 0.500. The van der Waals surface area contributed by atoms with Gasteiger partial charge in [0.1, 0.15) is 5.69 Å². The van der Waals surface area contributed by atoms with Crippen molar-refractivity contribution in [3.63, 3.8) is 0 Å². The number of pyridine rings is 1. The molecule has 0 radical (unpaired) electrons. The fourth-order valence-corrected chi connectivity index (χ4v) is 2.20. The van der Waals surface area contributed by atoms with Crippen molar-refractivity contribution in [2.45, 2.75) is 18.9 Å². The summed E-state index contributed by atoms with van der Waals surface area (Å²) < 4.78 is 0. The first-order chi connectivity index (χ1) is 8.20. The molecule has 1 fully saturated rings. The Kier molecular flexibility index (Phi) is 3.58. The number of hydrogen-bond donors (Lipinski definition) is 2. The summed E-state index contributed by atoms with van der Waals surface area (Å²) in [4.78, 5) is 17.3. The Labute approximate surface area is 101 Å². The van der Waals surface area contributed by atoms with Crippen LogP contribution in [0.15, 0.2) is 18.3 Å². The standard InChI is InChI=1S/C12H18N4O/c1-14-9-3-2-6-16(8-9)10-4-5-15-11(7-10)12(13)17/h4-5,7,9,14H,2-3,6,8H2,1H3,(H2,13,17). The van der Waals surface area contributed by atoms with E-state index in [0.29, 0.717) is 11.7 Å². The van der Waals surface area contributed by atoms with Crippen LogP contribution in [0, 0.1) is 0 Å². The Morgan fingerprint density at radius 1 is 1.65 bits per heavy atom. The predicted molar refractivity (Wildman–Crippen MR) is 67.0 cm³/mol. The van der Waals surface area contributed by atoms with Gasteiger partial charge in [0.2, 0.25) is 0 Å². The Bertz CT molecular complexity index is 407. The van der Waals surface area contributed by atoms with Gasteiger partial charge in [0.15, 0.2) is 0 Å². The third-order valence-corrected chi connectivity index (χ3v) is 3.19. The third-order valence-electron chi connectivity index (χ3n) is 3.19. The van der Waals surface area contributed by atoms with Crippen molar-refractivity contribution in [1.29, 1.82) is 0 Å². The molecule has 1 amide bonds. The van der Waals surface area contributed by atoms with E-state index in [1.807, 2.05) is 13.1 Å². The minimum absolute atomic E-state index is 0.328. The summed E-state index contributed by atoms with van der Waals surface area (Å²) >= 11 is 0. The van der Waals surface area contributed by atoms with Gasteiger partial charge >= 0.3 is 0 Å². The van der Waals surface area contributed by atoms with E-state index in [-0.39, 0.29) is 0 Å². The average molecular weight is 234 g/mol. The maximum atomic E-state index is 11.1. The van der Waals surface area contributed by atoms with Crippen LogP contribution >= 0.6 is 0 Å². The zero-order chi connectivity index (χ0) is 12.3. The highest BCUT2D eigenvalue weighted by molar-refractivity contribution is 5.91. The topological polar surface area (TPSA) is 71.2 Å². The summed E-state index contributed by atoms with van der Waals surface area (Å²) in [5, 5.41) is 3.29. The SMILES string of the molecule is CNC1CCCN(c2ccnc(C(N)=O)c2)C1. The van der Waals surface area contributed by atoms with Gasteiger partial charge in [-0.1, -0.05) is 0 Å². The molecule has 5 nitrogen and oxygen atoms in total. The number of rotatable bonds is 3. The summed E-state index contributed by atoms with van der Waals surface area (Å²) in [6.07, 6.45) is 3.99. The van der Waals surface area contributed by atoms with E-state index >= 15 is 0 Å². The normalized spacial score (nSPS) is 20.3. The Morgan fingerprint density at radius 3 is 3.18 bits per heavy atom. The summed E-state index contributed by atoms with van der Waals surface area (Å²) in [7, 11) is 1.98. The molecule has 1 aromatic heterocycles. The molecule has 0 aromatic carbocycles. The lowest BCUT2D eigenvalue weighted by Gasteiger charge is -2.34. The quantitative estimate of drug-likeness (QED) is 0.792. The van der Waals surface area contributed by atoms with Gasteiger partial charge in [-0.2, -0.15) is 0 Å². The largest absolute Gasteiger partial charge is 0.370 e. The monoisotopic (exact) mass is 234 g/mol. The molecule has 1 unspecified atom stereocenters. The van der Waals surface area contributed by atoms with E-state index in [0.717, 1.165) is 25.2 Å². The molecular weight excluding hydrogens is 216 g/mol. The van der Waals surface area contributed by atoms with Crippen molar-refractivity contribution in [2.24, 2.45) is 5.73 Å². The van der Waals surface area contributed by atoms with Gasteiger partial charge < -0.3 is 16.0 Å². The minimum Gasteiger partial charge on any atom is -0.370 e. The fourth-order valence-electron chi connectivity index (χ4n) is 2.20. The van der Waals surface area contributed by atoms with E-state index in [2.05, 4.69) is 15.2 Å². The van der Waals surface area contributed by atoms with E-state index < -0.39 is 5.91 Å². The van der Waals surface area contributed by atoms with Gasteiger partial charge in [-0.25, -0.2) is 0 Å². The van der Waals surface area contributed by atoms with Crippen molar-refractivity contribution in [3.8, 4) is 0 Å². The third kappa shape index (κ3) is 2.74. The van der Waals surface area contributed by atoms with Gasteiger partial charge in [0.05, 0.1) is 0 Å². The molecule has 2 heterocycles. The van der Waals surface area contributed by atoms with Crippen molar-refractivity contribution < 1.29 is 4.79 Å². The number of likely N-dealkylation sites (N-methyl/N-ethyl adjacent to an activating group) is 1. The molecule has 3 N–H and O–H groups in total. The van der Waals surface area contributed by atoms with Crippen LogP contribution in [0.1, 0.15) is 23.3 Å². The van der Waals surface area contributed by atoms with Gasteiger partial charge in [-0.3, -0.25) is 9.78 Å². The van der Waals surface area contributed by atoms with Crippen LogP contribution in [0.2, 0.25) is 0 Å². The van der Waals surface area contributed by atoms with Crippen LogP contribution in [0.4, 0.5) is 5.69 Å². The first kappa shape index (κ1) is 11.9. The van der Waals surface area contributed by atoms with Crippen molar-refractivity contribution in [1.82, 2.24) is 10.3 Å². The van der Waals surface area contributed by atoms with Crippen molar-refractivity contribution in [2.75, 3.05) is 25.0 Å². The second kappa shape index (κ2) is 5.14. The lowest BCUT2D eigenvalue weighted by Crippen LogP contribution is -2.44. The predicted octanol–water partition coefficient (Wildman–Crippen LogP) is 0.369. The maximum Gasteiger partial charge on any atom is 0.267 e. The van der Waals surface area contributed by atoms with E-state index in [9.17, 15) is 4.79 Å². The van der Waals surface area contributed by atoms with E-state index in [1.54, 1.807) is 12.3 Å². The molecule has 1 atom stereocenters. The van der Waals surface area contributed by atoms with Gasteiger partial charge in [-0.15, -0.1) is 0 Å². The van der Waals surface area contributed by atoms with Crippen LogP contribution in [0.25, 0.3) is 0 Å². The molecule has 1 saturated heterocycles. The zero-order valence-corrected chi connectivity index (χ0v) is 10.0. The number of nitrogens with two attached hydrogens (primary N) is 1. The first-order valence-corrected chi connectivity index (χ1v) is 5.89. The second-order valence-corrected chi connectivity index (χ2v) is 4.34. The number of nitrogens with one attached hydrogen (secondary N) is 1. The number of anilines is 1. The Hall–Kier alpha value is -1.62. The lowest BCUT2D eigenvalue weighted by molar-refractivity contribution is 0.0995. The molecule has 92 valence electrons. The smallest absolute Gasteiger partial charge is 0.267 e. The highest BCUT2D eigenvalue weighted by atomic mass is 16.1. The van der Waals surface area contributed by atoms with Crippen molar-refractivity contribution >= 4 is 11.6 Å². The molecule has 5 heteroatoms. The summed E-state index contributed by atoms with van der Waals surface area (Å²) in [6.45, 7) is 1.97. The minimum atomic E-state index is -0.478. The summed E-state index contributed by atoms with van der Waals surface area (Å²) in [5.41, 5.74) is 6.58. The molecule has 1 aromatic rings. The van der Waals surface area contributed by atoms with Crippen LogP contribution in [0.5, 0.6) is 0 Å². The van der Waals surface area contributed by atoms with Crippen LogP contribution in [-0.4, -0.2) is 37.1 Å². The Balaban J connectivity index is 2.16. The summed E-state index contributed by atoms with van der Waals surface area (Å²) in [5.74, 6) is -0.478. The average Bonchev–Trinajstić information content (AvgIpc) is 2.39. The maximum absolute atomic E-state index is 11.1. The molecule has 1 aliphatic rings. The van der Waals surface area contributed by atoms with Crippen LogP contribution < -0.4 is 16.0 Å². The second-order valence-electron chi connectivity index (χ2n) is 4.34. The molecule has 0 spiro atoms. The highest BCUT2D eigenvalue weighted by Gasteiger charge is 2.19. The molecule has 0 bridgehead atoms. The molecule has 17 heavy (non-hydrogen) atoms. The molecular formula is C12H18N4O. The number of hydrogen-bond acceptors (Lipinski definition) is 4. The number of carbonyl (C=O) groups is 1. The van der Waals surface area contributed by atoms with Gasteiger partial charge in [0, 0.05) is 31.0 Å². The molecule has 2 rings (SSSR count). The van der Waals surface area contributed by atoms with Gasteiger partial charge in [0.25, 0.3) is 5.91 Å². The zero-order valence-electron chi connectivity index (χ0n) is 10.0. The van der Waals surface area contributed by atoms with Crippen LogP contribution in [-0.2, 0) is 0 Å². The summed E-state index contributed by atoms with van der Waals surface area (Å²) in [6, 6.07) is 4.19. The molecule has 0 aliphatic carbocycles. The molecule has 0 saturated carbocycles.